The van der Waals surface area contributed by atoms with Crippen LogP contribution in [0.5, 0.6) is 0 Å². The fourth-order valence-corrected chi connectivity index (χ4v) is 4.51. The van der Waals surface area contributed by atoms with Gasteiger partial charge < -0.3 is 5.73 Å². The highest BCUT2D eigenvalue weighted by Gasteiger charge is 2.43. The molecule has 2 aromatic heterocycles. The van der Waals surface area contributed by atoms with Crippen molar-refractivity contribution in [3.05, 3.63) is 10.8 Å². The molecular weight excluding hydrogens is 270 g/mol. The maximum Gasteiger partial charge on any atom is 0.234 e. The number of aromatic nitrogens is 4. The Hall–Kier alpha value is -1.01. The van der Waals surface area contributed by atoms with Crippen molar-refractivity contribution in [1.29, 1.82) is 0 Å². The molecule has 0 aromatic carbocycles. The molecule has 20 heavy (non-hydrogen) atoms. The van der Waals surface area contributed by atoms with Gasteiger partial charge in [0.2, 0.25) is 4.96 Å². The molecule has 3 unspecified atom stereocenters. The Balaban J connectivity index is 1.99. The Kier molecular flexibility index (Phi) is 3.33. The van der Waals surface area contributed by atoms with Crippen molar-refractivity contribution in [2.45, 2.75) is 58.9 Å². The molecule has 2 heterocycles. The van der Waals surface area contributed by atoms with Gasteiger partial charge in [-0.3, -0.25) is 0 Å². The molecule has 3 atom stereocenters. The Morgan fingerprint density at radius 1 is 1.35 bits per heavy atom. The lowest BCUT2D eigenvalue weighted by Gasteiger charge is -2.45. The maximum atomic E-state index is 6.25. The van der Waals surface area contributed by atoms with Gasteiger partial charge in [0.15, 0.2) is 5.82 Å². The van der Waals surface area contributed by atoms with E-state index in [1.807, 2.05) is 4.52 Å². The predicted octanol–water partition coefficient (Wildman–Crippen LogP) is 2.62. The van der Waals surface area contributed by atoms with E-state index in [1.54, 1.807) is 11.3 Å². The van der Waals surface area contributed by atoms with Crippen LogP contribution in [0, 0.1) is 11.3 Å². The van der Waals surface area contributed by atoms with Crippen LogP contribution in [0.4, 0.5) is 0 Å². The predicted molar refractivity (Wildman–Crippen MR) is 80.9 cm³/mol. The van der Waals surface area contributed by atoms with Crippen LogP contribution >= 0.6 is 11.3 Å². The molecule has 5 nitrogen and oxygen atoms in total. The molecule has 1 aliphatic rings. The van der Waals surface area contributed by atoms with E-state index in [1.165, 1.54) is 5.01 Å². The topological polar surface area (TPSA) is 69.1 Å². The highest BCUT2D eigenvalue weighted by molar-refractivity contribution is 7.16. The van der Waals surface area contributed by atoms with E-state index in [-0.39, 0.29) is 5.41 Å². The van der Waals surface area contributed by atoms with Gasteiger partial charge in [-0.05, 0) is 24.2 Å². The maximum absolute atomic E-state index is 6.25. The number of nitrogens with zero attached hydrogens (tertiary/aromatic N) is 4. The van der Waals surface area contributed by atoms with E-state index in [0.717, 1.165) is 30.0 Å². The van der Waals surface area contributed by atoms with Gasteiger partial charge in [-0.1, -0.05) is 39.0 Å². The third-order valence-electron chi connectivity index (χ3n) is 5.19. The fourth-order valence-electron chi connectivity index (χ4n) is 3.33. The average Bonchev–Trinajstić information content (AvgIpc) is 2.95. The van der Waals surface area contributed by atoms with Gasteiger partial charge in [0, 0.05) is 18.4 Å². The molecule has 0 spiro atoms. The van der Waals surface area contributed by atoms with Gasteiger partial charge in [0.1, 0.15) is 5.01 Å². The zero-order valence-corrected chi connectivity index (χ0v) is 13.4. The molecule has 0 bridgehead atoms. The molecule has 6 heteroatoms. The highest BCUT2D eigenvalue weighted by Crippen LogP contribution is 2.50. The largest absolute Gasteiger partial charge is 0.327 e. The summed E-state index contributed by atoms with van der Waals surface area (Å²) in [5.41, 5.74) is 6.42. The summed E-state index contributed by atoms with van der Waals surface area (Å²) in [6.45, 7) is 9.00. The van der Waals surface area contributed by atoms with Crippen molar-refractivity contribution >= 4 is 16.3 Å². The van der Waals surface area contributed by atoms with Gasteiger partial charge in [0.05, 0.1) is 0 Å². The molecule has 0 amide bonds. The number of rotatable bonds is 2. The number of nitrogens with two attached hydrogens (primary N) is 1. The summed E-state index contributed by atoms with van der Waals surface area (Å²) in [5, 5.41) is 14.4. The monoisotopic (exact) mass is 293 g/mol. The minimum atomic E-state index is 0.174. The summed E-state index contributed by atoms with van der Waals surface area (Å²) in [4.78, 5) is 0.912. The number of aryl methyl sites for hydroxylation is 1. The summed E-state index contributed by atoms with van der Waals surface area (Å²) < 4.78 is 1.91. The van der Waals surface area contributed by atoms with Gasteiger partial charge in [0.25, 0.3) is 0 Å². The second-order valence-corrected chi connectivity index (χ2v) is 7.50. The molecule has 2 N–H and O–H groups in total. The molecule has 1 saturated carbocycles. The van der Waals surface area contributed by atoms with Gasteiger partial charge in [-0.2, -0.15) is 9.61 Å². The van der Waals surface area contributed by atoms with Gasteiger partial charge >= 0.3 is 0 Å². The molecule has 110 valence electrons. The van der Waals surface area contributed by atoms with Crippen LogP contribution < -0.4 is 5.73 Å². The lowest BCUT2D eigenvalue weighted by atomic mass is 9.61. The first-order chi connectivity index (χ1) is 9.45. The lowest BCUT2D eigenvalue weighted by molar-refractivity contribution is 0.0986. The van der Waals surface area contributed by atoms with Crippen LogP contribution in [0.1, 0.15) is 57.3 Å². The smallest absolute Gasteiger partial charge is 0.234 e. The first kappa shape index (κ1) is 13.9. The van der Waals surface area contributed by atoms with Crippen LogP contribution in [0.3, 0.4) is 0 Å². The molecule has 1 fully saturated rings. The zero-order chi connectivity index (χ0) is 14.5. The quantitative estimate of drug-likeness (QED) is 0.924. The second-order valence-electron chi connectivity index (χ2n) is 6.51. The molecular formula is C14H23N5S. The summed E-state index contributed by atoms with van der Waals surface area (Å²) >= 11 is 1.68. The fraction of sp³-hybridized carbons (Fsp3) is 0.786. The Bertz CT molecular complexity index is 614. The van der Waals surface area contributed by atoms with E-state index in [9.17, 15) is 0 Å². The third kappa shape index (κ3) is 1.97. The third-order valence-corrected chi connectivity index (χ3v) is 6.20. The van der Waals surface area contributed by atoms with E-state index in [2.05, 4.69) is 37.9 Å². The number of hydrogen-bond donors (Lipinski definition) is 1. The Morgan fingerprint density at radius 2 is 2.10 bits per heavy atom. The van der Waals surface area contributed by atoms with Crippen LogP contribution in [0.15, 0.2) is 0 Å². The van der Waals surface area contributed by atoms with Crippen molar-refractivity contribution in [1.82, 2.24) is 19.8 Å². The van der Waals surface area contributed by atoms with Crippen LogP contribution in [-0.4, -0.2) is 25.9 Å². The Labute approximate surface area is 123 Å². The van der Waals surface area contributed by atoms with E-state index < -0.39 is 0 Å². The molecule has 2 aromatic rings. The summed E-state index contributed by atoms with van der Waals surface area (Å²) in [6.07, 6.45) is 3.06. The summed E-state index contributed by atoms with van der Waals surface area (Å²) in [5.74, 6) is 1.91. The van der Waals surface area contributed by atoms with E-state index in [4.69, 9.17) is 10.8 Å². The van der Waals surface area contributed by atoms with Crippen molar-refractivity contribution in [2.24, 2.45) is 17.1 Å². The molecule has 0 radical (unpaired) electrons. The molecule has 0 saturated heterocycles. The van der Waals surface area contributed by atoms with Gasteiger partial charge in [-0.15, -0.1) is 10.2 Å². The van der Waals surface area contributed by atoms with Crippen LogP contribution in [-0.2, 0) is 6.42 Å². The van der Waals surface area contributed by atoms with Crippen LogP contribution in [0.2, 0.25) is 0 Å². The van der Waals surface area contributed by atoms with Gasteiger partial charge in [-0.25, -0.2) is 0 Å². The second kappa shape index (κ2) is 4.77. The minimum absolute atomic E-state index is 0.174. The minimum Gasteiger partial charge on any atom is -0.327 e. The first-order valence-corrected chi connectivity index (χ1v) is 8.23. The number of fused-ring (bicyclic) bond motifs is 1. The van der Waals surface area contributed by atoms with E-state index in [0.29, 0.717) is 17.9 Å². The van der Waals surface area contributed by atoms with Crippen molar-refractivity contribution in [3.63, 3.8) is 0 Å². The number of hydrogen-bond acceptors (Lipinski definition) is 5. The van der Waals surface area contributed by atoms with Crippen molar-refractivity contribution in [2.75, 3.05) is 0 Å². The van der Waals surface area contributed by atoms with E-state index >= 15 is 0 Å². The van der Waals surface area contributed by atoms with Crippen molar-refractivity contribution in [3.8, 4) is 0 Å². The highest BCUT2D eigenvalue weighted by atomic mass is 32.1. The molecule has 0 aliphatic heterocycles. The first-order valence-electron chi connectivity index (χ1n) is 7.41. The lowest BCUT2D eigenvalue weighted by Crippen LogP contribution is -2.45. The molecule has 1 aliphatic carbocycles. The Morgan fingerprint density at radius 3 is 2.80 bits per heavy atom. The normalized spacial score (nSPS) is 29.9. The van der Waals surface area contributed by atoms with Crippen molar-refractivity contribution < 1.29 is 0 Å². The van der Waals surface area contributed by atoms with Crippen LogP contribution in [0.25, 0.3) is 4.96 Å². The SMILES string of the molecule is CCc1nnc2sc(C3CCC(N)C(C)C3(C)C)nn12. The zero-order valence-electron chi connectivity index (χ0n) is 12.6. The standard InChI is InChI=1S/C14H23N5S/c1-5-11-16-17-13-19(11)18-12(20-13)9-6-7-10(15)8(2)14(9,3)4/h8-10H,5-7,15H2,1-4H3. The summed E-state index contributed by atoms with van der Waals surface area (Å²) in [6, 6.07) is 0.304. The average molecular weight is 293 g/mol. The molecule has 3 rings (SSSR count). The summed E-state index contributed by atoms with van der Waals surface area (Å²) in [7, 11) is 0.